The van der Waals surface area contributed by atoms with Gasteiger partial charge in [0.05, 0.1) is 24.1 Å². The maximum absolute atomic E-state index is 13.2. The number of nitriles is 1. The lowest BCUT2D eigenvalue weighted by atomic mass is 9.80. The second-order valence-corrected chi connectivity index (χ2v) is 12.0. The van der Waals surface area contributed by atoms with E-state index in [1.165, 1.54) is 11.6 Å². The van der Waals surface area contributed by atoms with Crippen LogP contribution in [0.4, 0.5) is 5.69 Å². The molecule has 1 atom stereocenters. The van der Waals surface area contributed by atoms with Gasteiger partial charge in [-0.05, 0) is 60.4 Å². The van der Waals surface area contributed by atoms with Crippen molar-refractivity contribution in [1.82, 2.24) is 14.5 Å². The SMILES string of the molecule is COCCOc1ccc(C(=O)Nc2cnc3c(c(C4CCN(C(=O)C(C)C(C)(C)C)CC4)cn3C)c2C)cc1C#N. The smallest absolute Gasteiger partial charge is 0.255 e. The van der Waals surface area contributed by atoms with E-state index in [2.05, 4.69) is 43.3 Å². The summed E-state index contributed by atoms with van der Waals surface area (Å²) in [6.45, 7) is 12.5. The van der Waals surface area contributed by atoms with Crippen molar-refractivity contribution in [2.75, 3.05) is 38.7 Å². The molecule has 1 unspecified atom stereocenters. The van der Waals surface area contributed by atoms with Crippen LogP contribution in [0.3, 0.4) is 0 Å². The molecule has 1 N–H and O–H groups in total. The standard InChI is InChI=1S/C32H41N5O4/c1-20-26(35-30(38)23-8-9-27(24(16-23)17-33)41-15-14-40-7)18-34-29-28(20)25(19-36(29)6)22-10-12-37(13-11-22)31(39)21(2)32(3,4)5/h8-9,16,18-19,21-22H,10-15H2,1-7H3,(H,35,38). The lowest BCUT2D eigenvalue weighted by molar-refractivity contribution is -0.139. The lowest BCUT2D eigenvalue weighted by Crippen LogP contribution is -2.43. The van der Waals surface area contributed by atoms with E-state index in [4.69, 9.17) is 9.47 Å². The molecule has 1 fully saturated rings. The van der Waals surface area contributed by atoms with E-state index in [0.29, 0.717) is 36.1 Å². The molecular formula is C32H41N5O4. The number of nitrogens with one attached hydrogen (secondary N) is 1. The molecule has 2 aromatic heterocycles. The van der Waals surface area contributed by atoms with E-state index in [1.54, 1.807) is 25.4 Å². The zero-order valence-electron chi connectivity index (χ0n) is 25.2. The Balaban J connectivity index is 1.53. The molecule has 218 valence electrons. The van der Waals surface area contributed by atoms with Crippen molar-refractivity contribution in [3.05, 3.63) is 52.8 Å². The second-order valence-electron chi connectivity index (χ2n) is 12.0. The molecule has 41 heavy (non-hydrogen) atoms. The molecule has 4 rings (SSSR count). The fourth-order valence-electron chi connectivity index (χ4n) is 5.34. The highest BCUT2D eigenvalue weighted by molar-refractivity contribution is 6.06. The van der Waals surface area contributed by atoms with Crippen molar-refractivity contribution in [2.45, 2.75) is 53.4 Å². The summed E-state index contributed by atoms with van der Waals surface area (Å²) in [6, 6.07) is 6.90. The molecule has 0 aliphatic carbocycles. The number of ether oxygens (including phenoxy) is 2. The molecule has 9 heteroatoms. The molecule has 3 heterocycles. The van der Waals surface area contributed by atoms with E-state index < -0.39 is 0 Å². The van der Waals surface area contributed by atoms with Gasteiger partial charge in [0.15, 0.2) is 0 Å². The van der Waals surface area contributed by atoms with Crippen molar-refractivity contribution in [2.24, 2.45) is 18.4 Å². The van der Waals surface area contributed by atoms with Crippen LogP contribution in [0.1, 0.15) is 73.5 Å². The van der Waals surface area contributed by atoms with Gasteiger partial charge in [-0.1, -0.05) is 27.7 Å². The molecule has 0 saturated carbocycles. The Bertz CT molecular complexity index is 1470. The van der Waals surface area contributed by atoms with Gasteiger partial charge in [-0.25, -0.2) is 4.98 Å². The number of nitrogens with zero attached hydrogens (tertiary/aromatic N) is 4. The van der Waals surface area contributed by atoms with Crippen LogP contribution in [0.5, 0.6) is 5.75 Å². The molecule has 0 bridgehead atoms. The first kappa shape index (κ1) is 30.1. The van der Waals surface area contributed by atoms with Crippen molar-refractivity contribution in [1.29, 1.82) is 5.26 Å². The van der Waals surface area contributed by atoms with Gasteiger partial charge in [0, 0.05) is 50.3 Å². The predicted molar refractivity (Wildman–Crippen MR) is 159 cm³/mol. The summed E-state index contributed by atoms with van der Waals surface area (Å²) >= 11 is 0. The number of fused-ring (bicyclic) bond motifs is 1. The number of benzene rings is 1. The van der Waals surface area contributed by atoms with Crippen LogP contribution < -0.4 is 10.1 Å². The number of anilines is 1. The Kier molecular flexibility index (Phi) is 9.03. The van der Waals surface area contributed by atoms with Crippen LogP contribution in [0, 0.1) is 29.6 Å². The summed E-state index contributed by atoms with van der Waals surface area (Å²) in [5.41, 5.74) is 4.20. The fraction of sp³-hybridized carbons (Fsp3) is 0.500. The number of rotatable bonds is 8. The number of aryl methyl sites for hydroxylation is 2. The Morgan fingerprint density at radius 2 is 1.93 bits per heavy atom. The number of hydrogen-bond acceptors (Lipinski definition) is 6. The van der Waals surface area contributed by atoms with Crippen LogP contribution in [-0.4, -0.2) is 59.7 Å². The van der Waals surface area contributed by atoms with Gasteiger partial charge in [-0.15, -0.1) is 0 Å². The number of pyridine rings is 1. The van der Waals surface area contributed by atoms with E-state index in [-0.39, 0.29) is 28.7 Å². The van der Waals surface area contributed by atoms with Crippen LogP contribution in [0.15, 0.2) is 30.6 Å². The third kappa shape index (κ3) is 6.38. The van der Waals surface area contributed by atoms with Gasteiger partial charge in [0.1, 0.15) is 24.1 Å². The van der Waals surface area contributed by atoms with Crippen molar-refractivity contribution >= 4 is 28.5 Å². The van der Waals surface area contributed by atoms with Gasteiger partial charge in [0.25, 0.3) is 5.91 Å². The highest BCUT2D eigenvalue weighted by Gasteiger charge is 2.33. The van der Waals surface area contributed by atoms with E-state index in [0.717, 1.165) is 42.5 Å². The minimum Gasteiger partial charge on any atom is -0.490 e. The Hall–Kier alpha value is -3.90. The average Bonchev–Trinajstić information content (AvgIpc) is 3.30. The quantitative estimate of drug-likeness (QED) is 0.369. The number of hydrogen-bond donors (Lipinski definition) is 1. The van der Waals surface area contributed by atoms with Crippen molar-refractivity contribution in [3.63, 3.8) is 0 Å². The first-order valence-corrected chi connectivity index (χ1v) is 14.2. The molecular weight excluding hydrogens is 518 g/mol. The van der Waals surface area contributed by atoms with Crippen LogP contribution >= 0.6 is 0 Å². The van der Waals surface area contributed by atoms with Crippen LogP contribution in [0.2, 0.25) is 0 Å². The Morgan fingerprint density at radius 3 is 2.56 bits per heavy atom. The predicted octanol–water partition coefficient (Wildman–Crippen LogP) is 5.42. The molecule has 3 aromatic rings. The minimum atomic E-state index is -0.327. The van der Waals surface area contributed by atoms with Crippen LogP contribution in [-0.2, 0) is 16.6 Å². The Labute approximate surface area is 242 Å². The molecule has 1 aliphatic heterocycles. The molecule has 2 amide bonds. The summed E-state index contributed by atoms with van der Waals surface area (Å²) in [6.07, 6.45) is 5.58. The molecule has 1 aliphatic rings. The molecule has 9 nitrogen and oxygen atoms in total. The fourth-order valence-corrected chi connectivity index (χ4v) is 5.34. The van der Waals surface area contributed by atoms with E-state index >= 15 is 0 Å². The largest absolute Gasteiger partial charge is 0.490 e. The third-order valence-electron chi connectivity index (χ3n) is 8.35. The summed E-state index contributed by atoms with van der Waals surface area (Å²) in [7, 11) is 3.56. The van der Waals surface area contributed by atoms with E-state index in [1.807, 2.05) is 30.4 Å². The summed E-state index contributed by atoms with van der Waals surface area (Å²) in [5.74, 6) is 0.577. The number of piperidine rings is 1. The maximum atomic E-state index is 13.2. The molecule has 0 spiro atoms. The molecule has 1 saturated heterocycles. The van der Waals surface area contributed by atoms with Gasteiger partial charge in [0.2, 0.25) is 5.91 Å². The first-order valence-electron chi connectivity index (χ1n) is 14.2. The summed E-state index contributed by atoms with van der Waals surface area (Å²) < 4.78 is 12.6. The van der Waals surface area contributed by atoms with Crippen LogP contribution in [0.25, 0.3) is 11.0 Å². The van der Waals surface area contributed by atoms with Gasteiger partial charge < -0.3 is 24.3 Å². The molecule has 1 aromatic carbocycles. The highest BCUT2D eigenvalue weighted by atomic mass is 16.5. The van der Waals surface area contributed by atoms with Gasteiger partial charge in [-0.3, -0.25) is 9.59 Å². The summed E-state index contributed by atoms with van der Waals surface area (Å²) in [4.78, 5) is 33.0. The van der Waals surface area contributed by atoms with Crippen molar-refractivity contribution in [3.8, 4) is 11.8 Å². The van der Waals surface area contributed by atoms with Gasteiger partial charge in [-0.2, -0.15) is 5.26 Å². The summed E-state index contributed by atoms with van der Waals surface area (Å²) in [5, 5.41) is 13.6. The number of carbonyl (C=O) groups is 2. The monoisotopic (exact) mass is 559 g/mol. The van der Waals surface area contributed by atoms with E-state index in [9.17, 15) is 14.9 Å². The van der Waals surface area contributed by atoms with Crippen molar-refractivity contribution < 1.29 is 19.1 Å². The Morgan fingerprint density at radius 1 is 1.22 bits per heavy atom. The lowest BCUT2D eigenvalue weighted by Gasteiger charge is -2.37. The number of amides is 2. The first-order chi connectivity index (χ1) is 19.5. The average molecular weight is 560 g/mol. The topological polar surface area (TPSA) is 109 Å². The number of carbonyl (C=O) groups excluding carboxylic acids is 2. The number of methoxy groups -OCH3 is 1. The number of likely N-dealkylation sites (tertiary alicyclic amines) is 1. The maximum Gasteiger partial charge on any atom is 0.255 e. The highest BCUT2D eigenvalue weighted by Crippen LogP contribution is 2.38. The number of aromatic nitrogens is 2. The third-order valence-corrected chi connectivity index (χ3v) is 8.35. The van der Waals surface area contributed by atoms with Gasteiger partial charge >= 0.3 is 0 Å². The minimum absolute atomic E-state index is 0.0298. The zero-order valence-corrected chi connectivity index (χ0v) is 25.2. The zero-order chi connectivity index (χ0) is 29.9. The normalized spacial score (nSPS) is 15.0. The second kappa shape index (κ2) is 12.3. The molecule has 0 radical (unpaired) electrons.